The van der Waals surface area contributed by atoms with Gasteiger partial charge < -0.3 is 38.2 Å². The lowest BCUT2D eigenvalue weighted by Crippen LogP contribution is -2.34. The Hall–Kier alpha value is -3.40. The number of unbranched alkanes of at least 4 members (excludes halogenated alkanes) is 9. The molecule has 0 rings (SSSR count). The second-order valence-corrected chi connectivity index (χ2v) is 18.3. The van der Waals surface area contributed by atoms with Crippen LogP contribution in [0.1, 0.15) is 170 Å². The van der Waals surface area contributed by atoms with Crippen molar-refractivity contribution in [1.82, 2.24) is 9.80 Å². The van der Waals surface area contributed by atoms with E-state index in [4.69, 9.17) is 28.4 Å². The molecular weight excluding hydrogens is 845 g/mol. The van der Waals surface area contributed by atoms with Gasteiger partial charge in [0.1, 0.15) is 26.4 Å². The molecule has 372 valence electrons. The third-order valence-corrected chi connectivity index (χ3v) is 11.7. The molecule has 0 saturated carbocycles. The summed E-state index contributed by atoms with van der Waals surface area (Å²) in [6.45, 7) is 12.2. The van der Waals surface area contributed by atoms with Crippen LogP contribution in [0, 0.1) is 17.8 Å². The van der Waals surface area contributed by atoms with Crippen molar-refractivity contribution in [2.45, 2.75) is 182 Å². The zero-order valence-corrected chi connectivity index (χ0v) is 41.7. The molecule has 15 nitrogen and oxygen atoms in total. The standard InChI is InChI=1S/C48H86N2O13S/c1-9-12-15-18-24-38(4)45(54)59-34-41(33-58-37-51)62-43(52)27-21-30-50(48(57)64-32-23-29-49(7)8)31-22-28-44(53)63-42(35-60-46(55)39(5)25-19-16-13-10-2)36-61-47(56)40(6)26-20-17-14-11-3/h37-42H,9-36H2,1-8H3/t38?,39-,40?,41?,42?/m0/s1. The van der Waals surface area contributed by atoms with E-state index in [1.54, 1.807) is 11.8 Å². The fourth-order valence-corrected chi connectivity index (χ4v) is 7.37. The van der Waals surface area contributed by atoms with Crippen LogP contribution >= 0.6 is 11.8 Å². The van der Waals surface area contributed by atoms with Gasteiger partial charge in [0.15, 0.2) is 12.2 Å². The minimum absolute atomic E-state index is 0.0638. The molecule has 0 aromatic carbocycles. The second-order valence-electron chi connectivity index (χ2n) is 17.3. The van der Waals surface area contributed by atoms with E-state index in [0.29, 0.717) is 25.0 Å². The van der Waals surface area contributed by atoms with Gasteiger partial charge in [0.05, 0.1) is 17.8 Å². The maximum absolute atomic E-state index is 13.4. The van der Waals surface area contributed by atoms with E-state index in [0.717, 1.165) is 102 Å². The molecule has 0 aliphatic carbocycles. The smallest absolute Gasteiger partial charge is 0.308 e. The fourth-order valence-electron chi connectivity index (χ4n) is 6.56. The predicted molar refractivity (Wildman–Crippen MR) is 249 cm³/mol. The van der Waals surface area contributed by atoms with Crippen molar-refractivity contribution < 1.29 is 62.0 Å². The van der Waals surface area contributed by atoms with Gasteiger partial charge in [-0.2, -0.15) is 0 Å². The highest BCUT2D eigenvalue weighted by Gasteiger charge is 2.25. The van der Waals surface area contributed by atoms with E-state index in [9.17, 15) is 33.6 Å². The summed E-state index contributed by atoms with van der Waals surface area (Å²) in [5, 5.41) is -0.196. The van der Waals surface area contributed by atoms with Gasteiger partial charge in [-0.05, 0) is 59.2 Å². The van der Waals surface area contributed by atoms with E-state index >= 15 is 0 Å². The van der Waals surface area contributed by atoms with Crippen molar-refractivity contribution in [1.29, 1.82) is 0 Å². The number of esters is 5. The number of rotatable bonds is 41. The Morgan fingerprint density at radius 1 is 0.516 bits per heavy atom. The summed E-state index contributed by atoms with van der Waals surface area (Å²) in [6.07, 6.45) is 13.6. The van der Waals surface area contributed by atoms with Crippen molar-refractivity contribution in [2.75, 3.05) is 65.9 Å². The maximum atomic E-state index is 13.4. The molecule has 0 spiro atoms. The Bertz CT molecular complexity index is 1250. The number of amides is 1. The van der Waals surface area contributed by atoms with Crippen LogP contribution in [0.2, 0.25) is 0 Å². The predicted octanol–water partition coefficient (Wildman–Crippen LogP) is 9.10. The van der Waals surface area contributed by atoms with Gasteiger partial charge in [0.25, 0.3) is 11.7 Å². The number of carbonyl (C=O) groups excluding carboxylic acids is 7. The number of nitrogens with zero attached hydrogens (tertiary/aromatic N) is 2. The first kappa shape index (κ1) is 60.6. The molecule has 0 aromatic heterocycles. The highest BCUT2D eigenvalue weighted by Crippen LogP contribution is 2.17. The first-order chi connectivity index (χ1) is 30.7. The van der Waals surface area contributed by atoms with Gasteiger partial charge in [-0.1, -0.05) is 130 Å². The molecule has 0 radical (unpaired) electrons. The molecule has 0 saturated heterocycles. The van der Waals surface area contributed by atoms with Crippen LogP contribution < -0.4 is 0 Å². The molecule has 0 aliphatic heterocycles. The normalized spacial score (nSPS) is 13.5. The number of hydrogen-bond acceptors (Lipinski definition) is 15. The van der Waals surface area contributed by atoms with Crippen LogP contribution in [-0.2, 0) is 57.2 Å². The molecule has 4 unspecified atom stereocenters. The summed E-state index contributed by atoms with van der Waals surface area (Å²) < 4.78 is 32.5. The summed E-state index contributed by atoms with van der Waals surface area (Å²) in [6, 6.07) is 0. The third-order valence-electron chi connectivity index (χ3n) is 10.7. The quantitative estimate of drug-likeness (QED) is 0.0245. The van der Waals surface area contributed by atoms with E-state index in [1.807, 2.05) is 32.8 Å². The summed E-state index contributed by atoms with van der Waals surface area (Å²) in [7, 11) is 3.91. The second kappa shape index (κ2) is 39.9. The van der Waals surface area contributed by atoms with Crippen molar-refractivity contribution >= 4 is 53.3 Å². The highest BCUT2D eigenvalue weighted by atomic mass is 32.2. The summed E-state index contributed by atoms with van der Waals surface area (Å²) in [4.78, 5) is 92.2. The van der Waals surface area contributed by atoms with E-state index in [1.165, 1.54) is 0 Å². The van der Waals surface area contributed by atoms with E-state index in [2.05, 4.69) is 20.8 Å². The molecule has 1 amide bonds. The van der Waals surface area contributed by atoms with Crippen LogP contribution in [0.15, 0.2) is 0 Å². The lowest BCUT2D eigenvalue weighted by molar-refractivity contribution is -0.169. The first-order valence-electron chi connectivity index (χ1n) is 24.2. The highest BCUT2D eigenvalue weighted by molar-refractivity contribution is 8.13. The van der Waals surface area contributed by atoms with Crippen LogP contribution in [0.5, 0.6) is 0 Å². The third kappa shape index (κ3) is 33.1. The summed E-state index contributed by atoms with van der Waals surface area (Å²) in [5.41, 5.74) is 0. The van der Waals surface area contributed by atoms with Crippen molar-refractivity contribution in [2.24, 2.45) is 17.8 Å². The molecule has 0 bridgehead atoms. The fraction of sp³-hybridized carbons (Fsp3) is 0.854. The van der Waals surface area contributed by atoms with Crippen LogP contribution in [0.4, 0.5) is 4.79 Å². The average molecular weight is 931 g/mol. The number of ether oxygens (including phenoxy) is 6. The van der Waals surface area contributed by atoms with Crippen molar-refractivity contribution in [3.8, 4) is 0 Å². The molecular formula is C48H86N2O13S. The van der Waals surface area contributed by atoms with E-state index < -0.39 is 42.1 Å². The van der Waals surface area contributed by atoms with Gasteiger partial charge in [-0.15, -0.1) is 0 Å². The Morgan fingerprint density at radius 3 is 1.27 bits per heavy atom. The summed E-state index contributed by atoms with van der Waals surface area (Å²) >= 11 is 1.16. The van der Waals surface area contributed by atoms with Crippen LogP contribution in [0.25, 0.3) is 0 Å². The van der Waals surface area contributed by atoms with Gasteiger partial charge in [-0.3, -0.25) is 33.6 Å². The topological polar surface area (TPSA) is 181 Å². The Labute approximate surface area is 389 Å². The zero-order valence-electron chi connectivity index (χ0n) is 40.9. The van der Waals surface area contributed by atoms with Crippen LogP contribution in [-0.4, -0.2) is 129 Å². The lowest BCUT2D eigenvalue weighted by Gasteiger charge is -2.23. The molecule has 64 heavy (non-hydrogen) atoms. The minimum Gasteiger partial charge on any atom is -0.464 e. The maximum Gasteiger partial charge on any atom is 0.308 e. The number of carbonyl (C=O) groups is 7. The lowest BCUT2D eigenvalue weighted by atomic mass is 10.0. The van der Waals surface area contributed by atoms with Crippen molar-refractivity contribution in [3.63, 3.8) is 0 Å². The molecule has 16 heteroatoms. The molecule has 0 heterocycles. The Balaban J connectivity index is 5.51. The number of hydrogen-bond donors (Lipinski definition) is 0. The largest absolute Gasteiger partial charge is 0.464 e. The summed E-state index contributed by atoms with van der Waals surface area (Å²) in [5.74, 6) is -2.81. The average Bonchev–Trinajstić information content (AvgIpc) is 3.27. The molecule has 5 atom stereocenters. The van der Waals surface area contributed by atoms with Gasteiger partial charge in [0, 0.05) is 31.7 Å². The van der Waals surface area contributed by atoms with Gasteiger partial charge in [-0.25, -0.2) is 0 Å². The van der Waals surface area contributed by atoms with Gasteiger partial charge >= 0.3 is 29.8 Å². The Kier molecular flexibility index (Phi) is 37.8. The van der Waals surface area contributed by atoms with E-state index in [-0.39, 0.29) is 94.7 Å². The van der Waals surface area contributed by atoms with Crippen molar-refractivity contribution in [3.05, 3.63) is 0 Å². The number of thioether (sulfide) groups is 1. The molecule has 0 fully saturated rings. The Morgan fingerprint density at radius 2 is 0.906 bits per heavy atom. The molecule has 0 aliphatic rings. The minimum atomic E-state index is -1.00. The zero-order chi connectivity index (χ0) is 48.0. The van der Waals surface area contributed by atoms with Gasteiger partial charge in [0.2, 0.25) is 0 Å². The monoisotopic (exact) mass is 931 g/mol. The first-order valence-corrected chi connectivity index (χ1v) is 25.2. The molecule has 0 aromatic rings. The molecule has 0 N–H and O–H groups in total. The SMILES string of the molecule is CCCCCCC(C)C(=O)OCC(COC=O)OC(=O)CCCN(CCCC(=O)OC(COC(=O)C(C)CCCCCC)COC(=O)[C@@H](C)CCCCCC)C(=O)SCCCN(C)C. The van der Waals surface area contributed by atoms with Crippen LogP contribution in [0.3, 0.4) is 0 Å².